The lowest BCUT2D eigenvalue weighted by Crippen LogP contribution is -2.10. The van der Waals surface area contributed by atoms with Crippen molar-refractivity contribution in [1.29, 1.82) is 15.8 Å². The zero-order chi connectivity index (χ0) is 18.1. The van der Waals surface area contributed by atoms with Gasteiger partial charge in [0, 0.05) is 0 Å². The average Bonchev–Trinajstić information content (AvgIpc) is 2.67. The van der Waals surface area contributed by atoms with Crippen LogP contribution in [0.25, 0.3) is 0 Å². The van der Waals surface area contributed by atoms with Crippen LogP contribution in [-0.4, -0.2) is 5.97 Å². The fourth-order valence-corrected chi connectivity index (χ4v) is 1.99. The highest BCUT2D eigenvalue weighted by Gasteiger charge is 2.15. The molecule has 0 amide bonds. The number of nitrogens with zero attached hydrogens (tertiary/aromatic N) is 3. The first kappa shape index (κ1) is 17.3. The molecule has 0 fully saturated rings. The molecule has 2 aromatic rings. The topological polar surface area (TPSA) is 110 Å². The normalized spacial score (nSPS) is 9.00. The second-order valence-corrected chi connectivity index (χ2v) is 4.82. The van der Waals surface area contributed by atoms with Gasteiger partial charge in [0.25, 0.3) is 0 Å². The van der Waals surface area contributed by atoms with Crippen molar-refractivity contribution in [1.82, 2.24) is 0 Å². The Morgan fingerprint density at radius 3 is 2.20 bits per heavy atom. The second kappa shape index (κ2) is 8.53. The van der Waals surface area contributed by atoms with Crippen LogP contribution in [0.2, 0.25) is 0 Å². The van der Waals surface area contributed by atoms with Crippen molar-refractivity contribution >= 4 is 11.7 Å². The zero-order valence-corrected chi connectivity index (χ0v) is 13.1. The Morgan fingerprint density at radius 2 is 1.56 bits per heavy atom. The number of rotatable bonds is 5. The molecule has 0 saturated carbocycles. The van der Waals surface area contributed by atoms with E-state index in [0.29, 0.717) is 0 Å². The summed E-state index contributed by atoms with van der Waals surface area (Å²) in [6.45, 7) is 0.108. The summed E-state index contributed by atoms with van der Waals surface area (Å²) >= 11 is 0. The maximum atomic E-state index is 12.3. The number of nitrogens with one attached hydrogen (secondary N) is 1. The fourth-order valence-electron chi connectivity index (χ4n) is 1.99. The molecule has 0 bridgehead atoms. The van der Waals surface area contributed by atoms with Crippen LogP contribution in [0.4, 0.5) is 5.69 Å². The molecule has 0 saturated heterocycles. The molecular formula is C19H12N4O2. The summed E-state index contributed by atoms with van der Waals surface area (Å²) in [6.07, 6.45) is 0. The number of para-hydroxylation sites is 1. The minimum absolute atomic E-state index is 0.108. The van der Waals surface area contributed by atoms with Crippen LogP contribution in [0.15, 0.2) is 65.9 Å². The molecule has 25 heavy (non-hydrogen) atoms. The number of carbonyl (C=O) groups excluding carboxylic acids is 1. The van der Waals surface area contributed by atoms with E-state index in [9.17, 15) is 4.79 Å². The van der Waals surface area contributed by atoms with Gasteiger partial charge in [0.15, 0.2) is 5.57 Å². The Labute approximate surface area is 144 Å². The molecular weight excluding hydrogens is 316 g/mol. The van der Waals surface area contributed by atoms with Crippen molar-refractivity contribution in [2.24, 2.45) is 0 Å². The molecule has 120 valence electrons. The molecule has 0 heterocycles. The van der Waals surface area contributed by atoms with Crippen LogP contribution in [0.5, 0.6) is 0 Å². The Morgan fingerprint density at radius 1 is 0.920 bits per heavy atom. The number of benzene rings is 2. The third kappa shape index (κ3) is 4.45. The summed E-state index contributed by atoms with van der Waals surface area (Å²) in [5, 5.41) is 29.5. The smallest absolute Gasteiger partial charge is 0.340 e. The standard InChI is InChI=1S/C19H12N4O2/c20-10-15(11-21)18(12-22)23-17-9-5-4-8-16(17)19(24)25-13-14-6-2-1-3-7-14/h1-9,23H,13H2. The Balaban J connectivity index is 2.22. The molecule has 0 spiro atoms. The summed E-state index contributed by atoms with van der Waals surface area (Å²) in [6, 6.07) is 20.6. The predicted octanol–water partition coefficient (Wildman–Crippen LogP) is 3.28. The Kier molecular flexibility index (Phi) is 5.89. The van der Waals surface area contributed by atoms with Crippen molar-refractivity contribution < 1.29 is 9.53 Å². The first-order valence-electron chi connectivity index (χ1n) is 7.21. The van der Waals surface area contributed by atoms with Gasteiger partial charge >= 0.3 is 5.97 Å². The van der Waals surface area contributed by atoms with Gasteiger partial charge in [0.05, 0.1) is 11.3 Å². The van der Waals surface area contributed by atoms with Crippen LogP contribution in [-0.2, 0) is 11.3 Å². The van der Waals surface area contributed by atoms with E-state index in [4.69, 9.17) is 20.5 Å². The van der Waals surface area contributed by atoms with Crippen molar-refractivity contribution in [3.05, 3.63) is 77.0 Å². The van der Waals surface area contributed by atoms with E-state index in [1.807, 2.05) is 30.3 Å². The molecule has 0 aliphatic heterocycles. The first-order valence-corrected chi connectivity index (χ1v) is 7.21. The fraction of sp³-hybridized carbons (Fsp3) is 0.0526. The molecule has 0 radical (unpaired) electrons. The number of hydrogen-bond donors (Lipinski definition) is 1. The van der Waals surface area contributed by atoms with E-state index >= 15 is 0 Å². The van der Waals surface area contributed by atoms with Gasteiger partial charge in [0.2, 0.25) is 0 Å². The van der Waals surface area contributed by atoms with Crippen LogP contribution >= 0.6 is 0 Å². The van der Waals surface area contributed by atoms with E-state index in [-0.39, 0.29) is 29.1 Å². The molecule has 1 N–H and O–H groups in total. The third-order valence-electron chi connectivity index (χ3n) is 3.20. The number of ether oxygens (including phenoxy) is 1. The highest BCUT2D eigenvalue weighted by molar-refractivity contribution is 5.96. The molecule has 0 aromatic heterocycles. The SMILES string of the molecule is N#CC(C#N)=C(C#N)Nc1ccccc1C(=O)OCc1ccccc1. The minimum atomic E-state index is -0.584. The average molecular weight is 328 g/mol. The number of nitriles is 3. The van der Waals surface area contributed by atoms with Crippen LogP contribution in [0.1, 0.15) is 15.9 Å². The lowest BCUT2D eigenvalue weighted by molar-refractivity contribution is 0.0474. The van der Waals surface area contributed by atoms with E-state index in [1.165, 1.54) is 6.07 Å². The second-order valence-electron chi connectivity index (χ2n) is 4.82. The predicted molar refractivity (Wildman–Crippen MR) is 89.5 cm³/mol. The monoisotopic (exact) mass is 328 g/mol. The number of esters is 1. The van der Waals surface area contributed by atoms with Gasteiger partial charge in [-0.05, 0) is 17.7 Å². The van der Waals surface area contributed by atoms with Crippen molar-refractivity contribution in [2.45, 2.75) is 6.61 Å². The molecule has 0 atom stereocenters. The summed E-state index contributed by atoms with van der Waals surface area (Å²) in [7, 11) is 0. The van der Waals surface area contributed by atoms with Crippen LogP contribution in [0.3, 0.4) is 0 Å². The van der Waals surface area contributed by atoms with Gasteiger partial charge < -0.3 is 10.1 Å². The number of hydrogen-bond acceptors (Lipinski definition) is 6. The van der Waals surface area contributed by atoms with E-state index in [2.05, 4.69) is 5.32 Å². The molecule has 2 rings (SSSR count). The quantitative estimate of drug-likeness (QED) is 0.666. The largest absolute Gasteiger partial charge is 0.457 e. The van der Waals surface area contributed by atoms with E-state index in [1.54, 1.807) is 36.4 Å². The van der Waals surface area contributed by atoms with E-state index < -0.39 is 5.97 Å². The van der Waals surface area contributed by atoms with Gasteiger partial charge in [-0.3, -0.25) is 0 Å². The van der Waals surface area contributed by atoms with Gasteiger partial charge in [-0.25, -0.2) is 4.79 Å². The number of carbonyl (C=O) groups is 1. The maximum Gasteiger partial charge on any atom is 0.340 e. The summed E-state index contributed by atoms with van der Waals surface area (Å²) in [5.41, 5.74) is 0.722. The van der Waals surface area contributed by atoms with Crippen LogP contribution in [0, 0.1) is 34.0 Å². The summed E-state index contributed by atoms with van der Waals surface area (Å²) in [4.78, 5) is 12.3. The van der Waals surface area contributed by atoms with E-state index in [0.717, 1.165) is 5.56 Å². The third-order valence-corrected chi connectivity index (χ3v) is 3.20. The highest BCUT2D eigenvalue weighted by Crippen LogP contribution is 2.19. The summed E-state index contributed by atoms with van der Waals surface area (Å²) in [5.74, 6) is -0.584. The highest BCUT2D eigenvalue weighted by atomic mass is 16.5. The van der Waals surface area contributed by atoms with Crippen molar-refractivity contribution in [2.75, 3.05) is 5.32 Å². The van der Waals surface area contributed by atoms with Gasteiger partial charge in [-0.2, -0.15) is 15.8 Å². The molecule has 0 aliphatic rings. The molecule has 6 nitrogen and oxygen atoms in total. The number of anilines is 1. The molecule has 0 unspecified atom stereocenters. The van der Waals surface area contributed by atoms with Crippen molar-refractivity contribution in [3.8, 4) is 18.2 Å². The summed E-state index contributed by atoms with van der Waals surface area (Å²) < 4.78 is 5.28. The first-order chi connectivity index (χ1) is 12.2. The van der Waals surface area contributed by atoms with Crippen LogP contribution < -0.4 is 5.32 Å². The maximum absolute atomic E-state index is 12.3. The zero-order valence-electron chi connectivity index (χ0n) is 13.1. The Hall–Kier alpha value is -4.08. The minimum Gasteiger partial charge on any atom is -0.457 e. The number of allylic oxidation sites excluding steroid dienone is 2. The van der Waals surface area contributed by atoms with Crippen molar-refractivity contribution in [3.63, 3.8) is 0 Å². The molecule has 0 aliphatic carbocycles. The molecule has 2 aromatic carbocycles. The Bertz CT molecular complexity index is 912. The van der Waals surface area contributed by atoms with Gasteiger partial charge in [-0.15, -0.1) is 0 Å². The molecule has 6 heteroatoms. The lowest BCUT2D eigenvalue weighted by Gasteiger charge is -2.11. The van der Waals surface area contributed by atoms with Gasteiger partial charge in [-0.1, -0.05) is 42.5 Å². The van der Waals surface area contributed by atoms with Gasteiger partial charge in [0.1, 0.15) is 30.5 Å². The lowest BCUT2D eigenvalue weighted by atomic mass is 10.1.